The number of Topliss-reactive ketones (excluding diaryl/α,β-unsaturated/α-hetero) is 1. The van der Waals surface area contributed by atoms with Crippen LogP contribution >= 0.6 is 0 Å². The molecule has 0 atom stereocenters. The molecule has 6 heteroatoms. The van der Waals surface area contributed by atoms with Crippen LogP contribution in [0.15, 0.2) is 47.3 Å². The zero-order valence-corrected chi connectivity index (χ0v) is 16.7. The van der Waals surface area contributed by atoms with E-state index < -0.39 is 0 Å². The van der Waals surface area contributed by atoms with Crippen molar-refractivity contribution < 1.29 is 9.18 Å². The molecule has 1 N–H and O–H groups in total. The van der Waals surface area contributed by atoms with E-state index in [1.807, 2.05) is 29.7 Å². The van der Waals surface area contributed by atoms with E-state index in [-0.39, 0.29) is 23.2 Å². The summed E-state index contributed by atoms with van der Waals surface area (Å²) in [6, 6.07) is 11.8. The quantitative estimate of drug-likeness (QED) is 0.647. The zero-order chi connectivity index (χ0) is 20.4. The number of aromatic amines is 1. The second kappa shape index (κ2) is 8.33. The molecule has 152 valence electrons. The van der Waals surface area contributed by atoms with Gasteiger partial charge in [-0.25, -0.2) is 9.18 Å². The number of fused-ring (bicyclic) bond motifs is 1. The molecule has 0 radical (unpaired) electrons. The number of piperidine rings is 1. The third-order valence-corrected chi connectivity index (χ3v) is 5.87. The van der Waals surface area contributed by atoms with Gasteiger partial charge in [0.05, 0.1) is 11.0 Å². The lowest BCUT2D eigenvalue weighted by molar-refractivity contribution is 0.0838. The third kappa shape index (κ3) is 4.32. The van der Waals surface area contributed by atoms with Crippen LogP contribution < -0.4 is 5.69 Å². The number of nitrogens with zero attached hydrogens (tertiary/aromatic N) is 2. The van der Waals surface area contributed by atoms with Crippen molar-refractivity contribution in [2.24, 2.45) is 5.92 Å². The van der Waals surface area contributed by atoms with Crippen LogP contribution in [0.2, 0.25) is 0 Å². The summed E-state index contributed by atoms with van der Waals surface area (Å²) >= 11 is 0. The van der Waals surface area contributed by atoms with Crippen LogP contribution in [0.1, 0.15) is 35.2 Å². The summed E-state index contributed by atoms with van der Waals surface area (Å²) in [4.78, 5) is 30.1. The van der Waals surface area contributed by atoms with E-state index in [0.717, 1.165) is 55.5 Å². The van der Waals surface area contributed by atoms with Gasteiger partial charge in [-0.1, -0.05) is 6.07 Å². The van der Waals surface area contributed by atoms with Gasteiger partial charge < -0.3 is 9.88 Å². The second-order valence-corrected chi connectivity index (χ2v) is 7.94. The smallest absolute Gasteiger partial charge is 0.306 e. The van der Waals surface area contributed by atoms with Crippen molar-refractivity contribution in [1.29, 1.82) is 0 Å². The van der Waals surface area contributed by atoms with Crippen molar-refractivity contribution in [3.05, 3.63) is 69.9 Å². The normalized spacial score (nSPS) is 15.8. The molecule has 0 spiro atoms. The van der Waals surface area contributed by atoms with Crippen LogP contribution in [0.5, 0.6) is 0 Å². The Bertz CT molecular complexity index is 1060. The molecule has 1 aliphatic rings. The van der Waals surface area contributed by atoms with Crippen molar-refractivity contribution >= 4 is 16.8 Å². The molecular weight excluding hydrogens is 369 g/mol. The summed E-state index contributed by atoms with van der Waals surface area (Å²) in [5.41, 5.74) is 3.51. The highest BCUT2D eigenvalue weighted by molar-refractivity contribution is 5.97. The number of hydrogen-bond acceptors (Lipinski definition) is 3. The fraction of sp³-hybridized carbons (Fsp3) is 0.391. The first-order valence-electron chi connectivity index (χ1n) is 10.2. The first-order chi connectivity index (χ1) is 14.0. The standard InChI is InChI=1S/C23H26FN3O2/c1-16-3-8-20-21(15-16)27(23(29)25-20)12-2-11-26-13-9-18(10-14-26)22(28)17-4-6-19(24)7-5-17/h3-8,15,18H,2,9-14H2,1H3,(H,25,29). The molecule has 29 heavy (non-hydrogen) atoms. The van der Waals surface area contributed by atoms with E-state index >= 15 is 0 Å². The first-order valence-corrected chi connectivity index (χ1v) is 10.2. The molecule has 1 aliphatic heterocycles. The number of aromatic nitrogens is 2. The highest BCUT2D eigenvalue weighted by Crippen LogP contribution is 2.22. The van der Waals surface area contributed by atoms with Crippen LogP contribution in [0.4, 0.5) is 4.39 Å². The summed E-state index contributed by atoms with van der Waals surface area (Å²) in [6.45, 7) is 5.36. The number of ketones is 1. The van der Waals surface area contributed by atoms with E-state index in [4.69, 9.17) is 0 Å². The molecule has 0 saturated carbocycles. The van der Waals surface area contributed by atoms with Gasteiger partial charge in [-0.15, -0.1) is 0 Å². The maximum atomic E-state index is 13.1. The van der Waals surface area contributed by atoms with Gasteiger partial charge in [-0.05, 0) is 87.8 Å². The van der Waals surface area contributed by atoms with Gasteiger partial charge in [0.1, 0.15) is 5.82 Å². The number of carbonyl (C=O) groups is 1. The van der Waals surface area contributed by atoms with Crippen molar-refractivity contribution in [3.63, 3.8) is 0 Å². The van der Waals surface area contributed by atoms with Crippen molar-refractivity contribution in [2.45, 2.75) is 32.7 Å². The number of imidazole rings is 1. The van der Waals surface area contributed by atoms with Gasteiger partial charge in [0.2, 0.25) is 0 Å². The lowest BCUT2D eigenvalue weighted by atomic mass is 9.89. The zero-order valence-electron chi connectivity index (χ0n) is 16.7. The monoisotopic (exact) mass is 395 g/mol. The molecule has 5 nitrogen and oxygen atoms in total. The first kappa shape index (κ1) is 19.6. The molecule has 1 saturated heterocycles. The molecule has 4 rings (SSSR count). The maximum absolute atomic E-state index is 13.1. The van der Waals surface area contributed by atoms with E-state index in [0.29, 0.717) is 12.1 Å². The molecule has 3 aromatic rings. The molecule has 0 unspecified atom stereocenters. The number of benzene rings is 2. The van der Waals surface area contributed by atoms with Crippen molar-refractivity contribution in [1.82, 2.24) is 14.5 Å². The average molecular weight is 395 g/mol. The Labute approximate surface area is 169 Å². The van der Waals surface area contributed by atoms with Crippen molar-refractivity contribution in [2.75, 3.05) is 19.6 Å². The highest BCUT2D eigenvalue weighted by atomic mass is 19.1. The van der Waals surface area contributed by atoms with Gasteiger partial charge in [0, 0.05) is 18.0 Å². The Morgan fingerprint density at radius 3 is 2.55 bits per heavy atom. The molecular formula is C23H26FN3O2. The van der Waals surface area contributed by atoms with Gasteiger partial charge in [-0.2, -0.15) is 0 Å². The summed E-state index contributed by atoms with van der Waals surface area (Å²) in [6.07, 6.45) is 2.53. The number of halogens is 1. The number of rotatable bonds is 6. The molecule has 0 amide bonds. The molecule has 0 aliphatic carbocycles. The Morgan fingerprint density at radius 1 is 1.10 bits per heavy atom. The molecule has 2 aromatic carbocycles. The van der Waals surface area contributed by atoms with Gasteiger partial charge in [0.15, 0.2) is 5.78 Å². The Balaban J connectivity index is 1.29. The van der Waals surface area contributed by atoms with E-state index in [1.54, 1.807) is 12.1 Å². The number of carbonyl (C=O) groups excluding carboxylic acids is 1. The summed E-state index contributed by atoms with van der Waals surface area (Å²) in [5.74, 6) is -0.192. The predicted molar refractivity (Wildman–Crippen MR) is 112 cm³/mol. The van der Waals surface area contributed by atoms with Gasteiger partial charge in [-0.3, -0.25) is 9.36 Å². The Kier molecular flexibility index (Phi) is 5.62. The largest absolute Gasteiger partial charge is 0.326 e. The fourth-order valence-electron chi connectivity index (χ4n) is 4.21. The molecule has 1 fully saturated rings. The van der Waals surface area contributed by atoms with Crippen LogP contribution in [-0.2, 0) is 6.54 Å². The van der Waals surface area contributed by atoms with Crippen LogP contribution in [0.25, 0.3) is 11.0 Å². The minimum absolute atomic E-state index is 0.0101. The number of H-pyrrole nitrogens is 1. The molecule has 1 aromatic heterocycles. The molecule has 2 heterocycles. The van der Waals surface area contributed by atoms with Gasteiger partial charge in [0.25, 0.3) is 0 Å². The lowest BCUT2D eigenvalue weighted by Crippen LogP contribution is -2.37. The van der Waals surface area contributed by atoms with Gasteiger partial charge >= 0.3 is 5.69 Å². The average Bonchev–Trinajstić information content (AvgIpc) is 3.03. The lowest BCUT2D eigenvalue weighted by Gasteiger charge is -2.31. The van der Waals surface area contributed by atoms with E-state index in [9.17, 15) is 14.0 Å². The number of likely N-dealkylation sites (tertiary alicyclic amines) is 1. The number of aryl methyl sites for hydroxylation is 2. The summed E-state index contributed by atoms with van der Waals surface area (Å²) in [7, 11) is 0. The highest BCUT2D eigenvalue weighted by Gasteiger charge is 2.25. The summed E-state index contributed by atoms with van der Waals surface area (Å²) < 4.78 is 14.9. The maximum Gasteiger partial charge on any atom is 0.326 e. The van der Waals surface area contributed by atoms with E-state index in [2.05, 4.69) is 9.88 Å². The topological polar surface area (TPSA) is 58.1 Å². The Morgan fingerprint density at radius 2 is 1.83 bits per heavy atom. The SMILES string of the molecule is Cc1ccc2[nH]c(=O)n(CCCN3CCC(C(=O)c4ccc(F)cc4)CC3)c2c1. The van der Waals surface area contributed by atoms with E-state index in [1.165, 1.54) is 12.1 Å². The molecule has 0 bridgehead atoms. The third-order valence-electron chi connectivity index (χ3n) is 5.87. The second-order valence-electron chi connectivity index (χ2n) is 7.94. The Hall–Kier alpha value is -2.73. The van der Waals surface area contributed by atoms with Crippen LogP contribution in [-0.4, -0.2) is 39.9 Å². The minimum atomic E-state index is -0.319. The predicted octanol–water partition coefficient (Wildman–Crippen LogP) is 3.76. The van der Waals surface area contributed by atoms with Crippen molar-refractivity contribution in [3.8, 4) is 0 Å². The van der Waals surface area contributed by atoms with Crippen LogP contribution in [0, 0.1) is 18.7 Å². The number of hydrogen-bond donors (Lipinski definition) is 1. The van der Waals surface area contributed by atoms with Crippen LogP contribution in [0.3, 0.4) is 0 Å². The number of nitrogens with one attached hydrogen (secondary N) is 1. The fourth-order valence-corrected chi connectivity index (χ4v) is 4.21. The minimum Gasteiger partial charge on any atom is -0.306 e. The summed E-state index contributed by atoms with van der Waals surface area (Å²) in [5, 5.41) is 0.